The number of phosphoric acid groups is 4. The highest BCUT2D eigenvalue weighted by Crippen LogP contribution is 2.48. The van der Waals surface area contributed by atoms with E-state index in [1.54, 1.807) is 7.05 Å². The second kappa shape index (κ2) is 126. The number of ether oxygens (including phenoxy) is 6. The first-order valence-corrected chi connectivity index (χ1v) is 34.9. The summed E-state index contributed by atoms with van der Waals surface area (Å²) in [7, 11) is -22.0. The van der Waals surface area contributed by atoms with E-state index in [0.29, 0.717) is 58.1 Å². The molecule has 7 N–H and O–H groups in total. The number of hydrogen-bond donors (Lipinski definition) is 7. The quantitative estimate of drug-likeness (QED) is 0.00565. The molecule has 0 aliphatic carbocycles. The van der Waals surface area contributed by atoms with Crippen molar-refractivity contribution in [3.8, 4) is 0 Å². The Bertz CT molecular complexity index is 1830. The van der Waals surface area contributed by atoms with Crippen LogP contribution in [0.25, 0.3) is 0 Å². The summed E-state index contributed by atoms with van der Waals surface area (Å²) < 4.78 is 130. The SMILES string of the molecule is C=C.C=C.C=C.C=C.C=C.C=C.C=C.C=C.C=C.C=C.C=C.C=C.C=C.C=C.CNCOCCC(COP(=O)(O)OOOOOOOP(=O)(O)OCCOCCOCCOCCOCCOCCO)OP(=O)(O)OCCOOOOO/C=C\OP(=O)(O)OCCOOOOO/C=C/OP(C)(=O)O. The molecule has 0 aromatic heterocycles. The van der Waals surface area contributed by atoms with E-state index in [1.165, 1.54) is 0 Å². The Morgan fingerprint density at radius 1 is 0.333 bits per heavy atom. The number of hydrogen-bond acceptors (Lipinski definition) is 37. The Balaban J connectivity index is -0.000000184. The zero-order valence-corrected chi connectivity index (χ0v) is 63.0. The molecule has 0 aromatic carbocycles. The molecule has 102 heavy (non-hydrogen) atoms. The second-order valence-corrected chi connectivity index (χ2v) is 19.0. The summed E-state index contributed by atoms with van der Waals surface area (Å²) in [5.74, 6) is 0. The van der Waals surface area contributed by atoms with Gasteiger partial charge < -0.3 is 71.9 Å². The lowest BCUT2D eigenvalue weighted by atomic mass is 10.3. The molecular formula is C55H114NO41P5. The highest BCUT2D eigenvalue weighted by atomic mass is 31.2. The van der Waals surface area contributed by atoms with Crippen molar-refractivity contribution in [1.82, 2.24) is 5.32 Å². The molecule has 47 heteroatoms. The van der Waals surface area contributed by atoms with Crippen molar-refractivity contribution in [2.75, 3.05) is 139 Å². The fourth-order valence-corrected chi connectivity index (χ4v) is 5.99. The maximum absolute atomic E-state index is 12.4. The first kappa shape index (κ1) is 133. The van der Waals surface area contributed by atoms with Crippen molar-refractivity contribution in [2.24, 2.45) is 0 Å². The zero-order chi connectivity index (χ0) is 83.0. The summed E-state index contributed by atoms with van der Waals surface area (Å²) in [6.45, 7) is 83.2. The van der Waals surface area contributed by atoms with E-state index in [1.807, 2.05) is 0 Å². The van der Waals surface area contributed by atoms with Gasteiger partial charge in [-0.1, -0.05) is 9.35 Å². The molecule has 0 saturated heterocycles. The molecule has 6 unspecified atom stereocenters. The van der Waals surface area contributed by atoms with E-state index in [0.717, 1.165) is 6.66 Å². The molecule has 6 atom stereocenters. The van der Waals surface area contributed by atoms with Gasteiger partial charge >= 0.3 is 38.9 Å². The van der Waals surface area contributed by atoms with Crippen molar-refractivity contribution in [1.29, 1.82) is 0 Å². The van der Waals surface area contributed by atoms with Crippen molar-refractivity contribution in [2.45, 2.75) is 12.5 Å². The van der Waals surface area contributed by atoms with Crippen LogP contribution < -0.4 is 5.32 Å². The Morgan fingerprint density at radius 2 is 0.637 bits per heavy atom. The molecule has 0 aliphatic rings. The van der Waals surface area contributed by atoms with E-state index in [-0.39, 0.29) is 59.4 Å². The van der Waals surface area contributed by atoms with Crippen LogP contribution >= 0.6 is 38.9 Å². The van der Waals surface area contributed by atoms with Crippen molar-refractivity contribution >= 4 is 38.9 Å². The van der Waals surface area contributed by atoms with Crippen LogP contribution in [0.3, 0.4) is 0 Å². The van der Waals surface area contributed by atoms with Gasteiger partial charge in [-0.2, -0.15) is 0 Å². The van der Waals surface area contributed by atoms with Gasteiger partial charge in [-0.3, -0.25) is 32.8 Å². The van der Waals surface area contributed by atoms with Crippen LogP contribution in [0.2, 0.25) is 0 Å². The Labute approximate surface area is 600 Å². The first-order chi connectivity index (χ1) is 49.3. The lowest BCUT2D eigenvalue weighted by Crippen LogP contribution is -2.23. The van der Waals surface area contributed by atoms with Gasteiger partial charge in [-0.25, -0.2) is 32.6 Å². The van der Waals surface area contributed by atoms with Gasteiger partial charge in [-0.05, 0) is 48.7 Å². The minimum absolute atomic E-state index is 0.0258. The van der Waals surface area contributed by atoms with Crippen LogP contribution in [-0.2, 0) is 167 Å². The van der Waals surface area contributed by atoms with E-state index < -0.39 is 84.6 Å². The molecular weight excluding hydrogens is 1490 g/mol. The summed E-state index contributed by atoms with van der Waals surface area (Å²) in [5.41, 5.74) is 0. The topological polar surface area (TPSA) is 496 Å². The van der Waals surface area contributed by atoms with Gasteiger partial charge in [0.15, 0.2) is 12.5 Å². The minimum atomic E-state index is -5.23. The molecule has 0 rings (SSSR count). The fourth-order valence-electron chi connectivity index (χ4n) is 3.28. The van der Waals surface area contributed by atoms with Crippen LogP contribution in [0.1, 0.15) is 6.42 Å². The summed E-state index contributed by atoms with van der Waals surface area (Å²) in [5, 5.41) is 53.6. The average Bonchev–Trinajstić information content (AvgIpc) is 0.890. The molecule has 0 fully saturated rings. The van der Waals surface area contributed by atoms with Gasteiger partial charge in [0.2, 0.25) is 0 Å². The van der Waals surface area contributed by atoms with E-state index in [9.17, 15) is 42.4 Å². The lowest BCUT2D eigenvalue weighted by molar-refractivity contribution is -0.775. The molecule has 0 amide bonds. The monoisotopic (exact) mass is 1600 g/mol. The van der Waals surface area contributed by atoms with Crippen LogP contribution in [0, 0.1) is 0 Å². The van der Waals surface area contributed by atoms with Crippen molar-refractivity contribution in [3.63, 3.8) is 0 Å². The maximum Gasteiger partial charge on any atom is 0.527 e. The normalized spacial score (nSPS) is 12.6. The predicted molar refractivity (Wildman–Crippen MR) is 376 cm³/mol. The average molecular weight is 1600 g/mol. The summed E-state index contributed by atoms with van der Waals surface area (Å²) in [6.07, 6.45) is 0.543. The molecule has 0 bridgehead atoms. The van der Waals surface area contributed by atoms with Crippen LogP contribution in [0.15, 0.2) is 209 Å². The fraction of sp³-hybridized carbons (Fsp3) is 0.418. The molecule has 0 saturated carbocycles. The van der Waals surface area contributed by atoms with Gasteiger partial charge in [0.25, 0.3) is 0 Å². The van der Waals surface area contributed by atoms with E-state index >= 15 is 0 Å². The third-order valence-electron chi connectivity index (χ3n) is 5.90. The van der Waals surface area contributed by atoms with Crippen molar-refractivity contribution in [3.05, 3.63) is 209 Å². The Morgan fingerprint density at radius 3 is 1.00 bits per heavy atom. The first-order valence-electron chi connectivity index (χ1n) is 26.9. The molecule has 610 valence electrons. The molecule has 0 radical (unpaired) electrons. The zero-order valence-electron chi connectivity index (χ0n) is 58.5. The number of phosphoric ester groups is 4. The van der Waals surface area contributed by atoms with Crippen molar-refractivity contribution < 1.29 is 197 Å². The maximum atomic E-state index is 12.4. The third-order valence-corrected chi connectivity index (χ3v) is 9.87. The Kier molecular flexibility index (Phi) is 164. The summed E-state index contributed by atoms with van der Waals surface area (Å²) in [6, 6.07) is 0. The highest BCUT2D eigenvalue weighted by Gasteiger charge is 2.32. The Hall–Kier alpha value is -5.13. The predicted octanol–water partition coefficient (Wildman–Crippen LogP) is 11.6. The number of nitrogens with one attached hydrogen (secondary N) is 1. The number of aliphatic hydroxyl groups excluding tert-OH is 1. The second-order valence-electron chi connectivity index (χ2n) is 11.7. The molecule has 0 aromatic rings. The minimum Gasteiger partial charge on any atom is -0.429 e. The lowest BCUT2D eigenvalue weighted by Gasteiger charge is -2.21. The molecule has 0 aliphatic heterocycles. The standard InChI is InChI=1S/C27H58NO41P5.14C2H4/c1-28-26-45-5-3-27(56-72(34,35)53-24-19-49-60-62-59-48-18-23-52-71(32,33)51-22-17-47-58-61-57-46-16-21-50-70(2,30)31)25-55-74(38,39)69-67-65-63-64-66-68-73(36,37)54-20-15-44-14-13-43-12-11-42-10-9-41-8-7-40-6-4-29;14*1-2/h16,18,21,23,27-29H,3-15,17,19-20,22,24-26H2,1-2H3,(H,30,31)(H,32,33)(H,34,35)(H,36,37)(H,38,39);14*1-2H2/b21-16+,23-18-;;;;;;;;;;;;;;. The molecule has 0 heterocycles. The van der Waals surface area contributed by atoms with Gasteiger partial charge in [0.1, 0.15) is 25.7 Å². The van der Waals surface area contributed by atoms with E-state index in [2.05, 4.69) is 301 Å². The molecule has 0 spiro atoms. The van der Waals surface area contributed by atoms with Crippen LogP contribution in [0.5, 0.6) is 0 Å². The number of rotatable bonds is 58. The largest absolute Gasteiger partial charge is 0.527 e. The third kappa shape index (κ3) is 145. The van der Waals surface area contributed by atoms with Crippen LogP contribution in [-0.4, -0.2) is 175 Å². The summed E-state index contributed by atoms with van der Waals surface area (Å²) in [4.78, 5) is 64.8. The molecule has 42 nitrogen and oxygen atoms in total. The van der Waals surface area contributed by atoms with Crippen LogP contribution in [0.4, 0.5) is 0 Å². The smallest absolute Gasteiger partial charge is 0.429 e. The summed E-state index contributed by atoms with van der Waals surface area (Å²) >= 11 is 0. The van der Waals surface area contributed by atoms with Gasteiger partial charge in [0.05, 0.1) is 119 Å². The van der Waals surface area contributed by atoms with Gasteiger partial charge in [0, 0.05) is 26.8 Å². The number of aliphatic hydroxyl groups is 1. The van der Waals surface area contributed by atoms with Gasteiger partial charge in [-0.15, -0.1) is 184 Å². The van der Waals surface area contributed by atoms with E-state index in [4.69, 9.17) is 42.9 Å². The highest BCUT2D eigenvalue weighted by molar-refractivity contribution is 7.52.